The predicted molar refractivity (Wildman–Crippen MR) is 126 cm³/mol. The zero-order valence-corrected chi connectivity index (χ0v) is 20.4. The van der Waals surface area contributed by atoms with Gasteiger partial charge in [0, 0.05) is 41.2 Å². The third kappa shape index (κ3) is 4.35. The molecule has 178 valence electrons. The van der Waals surface area contributed by atoms with Crippen LogP contribution in [0.25, 0.3) is 0 Å². The molecule has 6 heteroatoms. The maximum atomic E-state index is 10.8. The molecule has 2 aliphatic heterocycles. The Bertz CT molecular complexity index is 1100. The first-order chi connectivity index (χ1) is 15.3. The first-order valence-corrected chi connectivity index (χ1v) is 11.5. The van der Waals surface area contributed by atoms with Crippen molar-refractivity contribution in [1.29, 1.82) is 0 Å². The number of carbonyl (C=O) groups is 1. The van der Waals surface area contributed by atoms with Crippen LogP contribution in [0.3, 0.4) is 0 Å². The number of fused-ring (bicyclic) bond motifs is 2. The predicted octanol–water partition coefficient (Wildman–Crippen LogP) is 5.77. The standard InChI is InChI=1S/C27H34O6/c1-16-10-22-18(12-20(16)28)25(3,4)14-27(32-22)15-26(5,6)19-13-21(17(2)11-23(19)33-27)31-9-7-8-24(29)30/h10-13,28H,7-9,14-15H2,1-6H3,(H,29,30). The van der Waals surface area contributed by atoms with Crippen LogP contribution in [-0.4, -0.2) is 28.6 Å². The van der Waals surface area contributed by atoms with Gasteiger partial charge >= 0.3 is 5.97 Å². The molecule has 4 rings (SSSR count). The third-order valence-electron chi connectivity index (χ3n) is 6.84. The number of carboxylic acid groups (broad SMARTS) is 1. The molecule has 1 atom stereocenters. The summed E-state index contributed by atoms with van der Waals surface area (Å²) in [7, 11) is 0. The molecule has 2 aromatic carbocycles. The highest BCUT2D eigenvalue weighted by Crippen LogP contribution is 2.55. The Kier molecular flexibility index (Phi) is 5.54. The van der Waals surface area contributed by atoms with Gasteiger partial charge in [0.15, 0.2) is 0 Å². The molecule has 0 bridgehead atoms. The van der Waals surface area contributed by atoms with E-state index in [-0.39, 0.29) is 23.0 Å². The zero-order chi connectivity index (χ0) is 24.2. The van der Waals surface area contributed by atoms with E-state index in [0.29, 0.717) is 25.9 Å². The summed E-state index contributed by atoms with van der Waals surface area (Å²) in [6.45, 7) is 12.9. The summed E-state index contributed by atoms with van der Waals surface area (Å²) in [5.74, 6) is 0.957. The van der Waals surface area contributed by atoms with E-state index < -0.39 is 11.8 Å². The number of hydrogen-bond donors (Lipinski definition) is 2. The second-order valence-corrected chi connectivity index (χ2v) is 10.8. The van der Waals surface area contributed by atoms with Gasteiger partial charge in [0.05, 0.1) is 6.61 Å². The van der Waals surface area contributed by atoms with E-state index in [0.717, 1.165) is 39.5 Å². The minimum Gasteiger partial charge on any atom is -0.508 e. The molecular formula is C27H34O6. The summed E-state index contributed by atoms with van der Waals surface area (Å²) in [6, 6.07) is 7.75. The molecule has 33 heavy (non-hydrogen) atoms. The quantitative estimate of drug-likeness (QED) is 0.558. The molecule has 1 spiro atoms. The van der Waals surface area contributed by atoms with E-state index in [1.54, 1.807) is 0 Å². The van der Waals surface area contributed by atoms with Crippen LogP contribution in [0.4, 0.5) is 0 Å². The average Bonchev–Trinajstić information content (AvgIpc) is 2.66. The minimum absolute atomic E-state index is 0.0902. The summed E-state index contributed by atoms with van der Waals surface area (Å²) in [5, 5.41) is 19.1. The maximum Gasteiger partial charge on any atom is 0.303 e. The van der Waals surface area contributed by atoms with Crippen LogP contribution in [0.15, 0.2) is 24.3 Å². The number of carboxylic acids is 1. The lowest BCUT2D eigenvalue weighted by atomic mass is 9.69. The third-order valence-corrected chi connectivity index (χ3v) is 6.84. The second-order valence-electron chi connectivity index (χ2n) is 10.8. The summed E-state index contributed by atoms with van der Waals surface area (Å²) < 4.78 is 19.1. The fourth-order valence-corrected chi connectivity index (χ4v) is 5.28. The molecule has 0 radical (unpaired) electrons. The summed E-state index contributed by atoms with van der Waals surface area (Å²) in [5.41, 5.74) is 3.28. The Hall–Kier alpha value is -2.89. The van der Waals surface area contributed by atoms with Crippen LogP contribution in [-0.2, 0) is 15.6 Å². The smallest absolute Gasteiger partial charge is 0.303 e. The van der Waals surface area contributed by atoms with E-state index in [4.69, 9.17) is 19.3 Å². The van der Waals surface area contributed by atoms with Crippen LogP contribution in [0.1, 0.15) is 75.6 Å². The molecule has 0 aromatic heterocycles. The highest BCUT2D eigenvalue weighted by molar-refractivity contribution is 5.66. The van der Waals surface area contributed by atoms with Crippen molar-refractivity contribution in [3.63, 3.8) is 0 Å². The molecule has 6 nitrogen and oxygen atoms in total. The van der Waals surface area contributed by atoms with Gasteiger partial charge < -0.3 is 24.4 Å². The SMILES string of the molecule is Cc1cc2c(cc1O)C(C)(C)CC1(CC(C)(C)c3cc(OCCCC(=O)O)c(C)cc3O1)O2. The Balaban J connectivity index is 1.66. The molecule has 0 amide bonds. The second kappa shape index (κ2) is 7.86. The number of phenolic OH excluding ortho intramolecular Hbond substituents is 1. The van der Waals surface area contributed by atoms with Gasteiger partial charge in [0.25, 0.3) is 5.79 Å². The maximum absolute atomic E-state index is 10.8. The van der Waals surface area contributed by atoms with Crippen molar-refractivity contribution in [2.45, 2.75) is 83.8 Å². The van der Waals surface area contributed by atoms with Crippen molar-refractivity contribution < 1.29 is 29.2 Å². The largest absolute Gasteiger partial charge is 0.508 e. The van der Waals surface area contributed by atoms with Gasteiger partial charge in [-0.1, -0.05) is 27.7 Å². The van der Waals surface area contributed by atoms with Gasteiger partial charge in [0.1, 0.15) is 23.0 Å². The van der Waals surface area contributed by atoms with Gasteiger partial charge in [-0.2, -0.15) is 0 Å². The van der Waals surface area contributed by atoms with Crippen LogP contribution >= 0.6 is 0 Å². The molecule has 2 aromatic rings. The fraction of sp³-hybridized carbons (Fsp3) is 0.519. The highest BCUT2D eigenvalue weighted by atomic mass is 16.7. The molecule has 2 aliphatic rings. The topological polar surface area (TPSA) is 85.2 Å². The number of aryl methyl sites for hydroxylation is 2. The van der Waals surface area contributed by atoms with Gasteiger partial charge in [-0.25, -0.2) is 0 Å². The number of phenols is 1. The zero-order valence-electron chi connectivity index (χ0n) is 20.4. The van der Waals surface area contributed by atoms with Crippen molar-refractivity contribution in [3.05, 3.63) is 46.5 Å². The Morgan fingerprint density at radius 2 is 1.48 bits per heavy atom. The number of benzene rings is 2. The lowest BCUT2D eigenvalue weighted by Crippen LogP contribution is -2.55. The van der Waals surface area contributed by atoms with Gasteiger partial charge in [-0.15, -0.1) is 0 Å². The van der Waals surface area contributed by atoms with Crippen LogP contribution in [0.2, 0.25) is 0 Å². The van der Waals surface area contributed by atoms with Gasteiger partial charge in [0.2, 0.25) is 0 Å². The molecule has 0 saturated heterocycles. The first-order valence-electron chi connectivity index (χ1n) is 11.5. The Labute approximate surface area is 195 Å². The number of ether oxygens (including phenoxy) is 3. The Morgan fingerprint density at radius 3 is 2.06 bits per heavy atom. The lowest BCUT2D eigenvalue weighted by Gasteiger charge is -2.51. The monoisotopic (exact) mass is 454 g/mol. The van der Waals surface area contributed by atoms with E-state index in [1.165, 1.54) is 0 Å². The fourth-order valence-electron chi connectivity index (χ4n) is 5.28. The molecule has 2 N–H and O–H groups in total. The molecule has 2 heterocycles. The van der Waals surface area contributed by atoms with Gasteiger partial charge in [-0.3, -0.25) is 4.79 Å². The van der Waals surface area contributed by atoms with E-state index in [1.807, 2.05) is 38.1 Å². The van der Waals surface area contributed by atoms with Crippen LogP contribution < -0.4 is 14.2 Å². The first kappa shape index (κ1) is 23.3. The van der Waals surface area contributed by atoms with Crippen LogP contribution in [0, 0.1) is 13.8 Å². The summed E-state index contributed by atoms with van der Waals surface area (Å²) in [6.07, 6.45) is 1.88. The number of aliphatic carboxylic acids is 1. The van der Waals surface area contributed by atoms with Gasteiger partial charge in [-0.05, 0) is 55.7 Å². The number of aromatic hydroxyl groups is 1. The van der Waals surface area contributed by atoms with Crippen molar-refractivity contribution in [2.24, 2.45) is 0 Å². The minimum atomic E-state index is -0.817. The molecule has 1 unspecified atom stereocenters. The molecule has 0 aliphatic carbocycles. The van der Waals surface area contributed by atoms with E-state index in [9.17, 15) is 9.90 Å². The summed E-state index contributed by atoms with van der Waals surface area (Å²) in [4.78, 5) is 10.8. The normalized spacial score (nSPS) is 22.0. The lowest BCUT2D eigenvalue weighted by molar-refractivity contribution is -0.166. The van der Waals surface area contributed by atoms with E-state index >= 15 is 0 Å². The van der Waals surface area contributed by atoms with Crippen molar-refractivity contribution >= 4 is 5.97 Å². The number of rotatable bonds is 5. The van der Waals surface area contributed by atoms with Crippen molar-refractivity contribution in [1.82, 2.24) is 0 Å². The molecule has 0 fully saturated rings. The van der Waals surface area contributed by atoms with Crippen molar-refractivity contribution in [2.75, 3.05) is 6.61 Å². The Morgan fingerprint density at radius 1 is 0.939 bits per heavy atom. The van der Waals surface area contributed by atoms with Crippen molar-refractivity contribution in [3.8, 4) is 23.0 Å². The molecule has 0 saturated carbocycles. The summed E-state index contributed by atoms with van der Waals surface area (Å²) >= 11 is 0. The average molecular weight is 455 g/mol. The molecular weight excluding hydrogens is 420 g/mol. The highest BCUT2D eigenvalue weighted by Gasteiger charge is 2.53. The van der Waals surface area contributed by atoms with E-state index in [2.05, 4.69) is 27.7 Å². The van der Waals surface area contributed by atoms with Crippen LogP contribution in [0.5, 0.6) is 23.0 Å². The number of hydrogen-bond acceptors (Lipinski definition) is 5.